The predicted octanol–water partition coefficient (Wildman–Crippen LogP) is 3.87. The van der Waals surface area contributed by atoms with Crippen LogP contribution < -0.4 is 0 Å². The minimum atomic E-state index is 0.780. The minimum absolute atomic E-state index is 0.780. The molecule has 2 heteroatoms. The van der Waals surface area contributed by atoms with Gasteiger partial charge >= 0.3 is 0 Å². The number of hydrogen-bond donors (Lipinski definition) is 0. The van der Waals surface area contributed by atoms with Crippen LogP contribution in [0.25, 0.3) is 0 Å². The van der Waals surface area contributed by atoms with Gasteiger partial charge in [0.15, 0.2) is 0 Å². The fourth-order valence-electron chi connectivity index (χ4n) is 0.959. The lowest BCUT2D eigenvalue weighted by Gasteiger charge is -1.99. The van der Waals surface area contributed by atoms with Crippen molar-refractivity contribution < 1.29 is 0 Å². The van der Waals surface area contributed by atoms with Crippen molar-refractivity contribution in [2.24, 2.45) is 0 Å². The molecule has 0 aliphatic heterocycles. The van der Waals surface area contributed by atoms with Crippen molar-refractivity contribution in [1.82, 2.24) is 0 Å². The molecule has 1 rings (SSSR count). The summed E-state index contributed by atoms with van der Waals surface area (Å²) in [5.41, 5.74) is 1.24. The molecule has 0 nitrogen and oxygen atoms in total. The van der Waals surface area contributed by atoms with E-state index in [9.17, 15) is 0 Å². The van der Waals surface area contributed by atoms with Crippen molar-refractivity contribution in [2.45, 2.75) is 12.8 Å². The SMILES string of the molecule is [CH2]CCc1cc(Cl)cc(Br)c1. The van der Waals surface area contributed by atoms with Gasteiger partial charge in [0.05, 0.1) is 0 Å². The molecule has 0 saturated heterocycles. The molecule has 0 spiro atoms. The topological polar surface area (TPSA) is 0 Å². The van der Waals surface area contributed by atoms with Crippen LogP contribution in [0.1, 0.15) is 12.0 Å². The van der Waals surface area contributed by atoms with Gasteiger partial charge in [-0.25, -0.2) is 0 Å². The highest BCUT2D eigenvalue weighted by molar-refractivity contribution is 9.10. The van der Waals surface area contributed by atoms with E-state index in [4.69, 9.17) is 11.6 Å². The van der Waals surface area contributed by atoms with Crippen LogP contribution in [0.15, 0.2) is 22.7 Å². The highest BCUT2D eigenvalue weighted by atomic mass is 79.9. The molecule has 0 atom stereocenters. The molecular weight excluding hydrogens is 223 g/mol. The molecule has 0 N–H and O–H groups in total. The largest absolute Gasteiger partial charge is 0.0843 e. The predicted molar refractivity (Wildman–Crippen MR) is 52.8 cm³/mol. The van der Waals surface area contributed by atoms with Gasteiger partial charge in [-0.15, -0.1) is 0 Å². The van der Waals surface area contributed by atoms with Crippen molar-refractivity contribution in [3.05, 3.63) is 40.2 Å². The summed E-state index contributed by atoms with van der Waals surface area (Å²) < 4.78 is 1.04. The Bertz CT molecular complexity index is 225. The molecule has 0 fully saturated rings. The lowest BCUT2D eigenvalue weighted by molar-refractivity contribution is 0.998. The maximum absolute atomic E-state index is 5.84. The van der Waals surface area contributed by atoms with E-state index < -0.39 is 0 Å². The molecule has 0 aromatic heterocycles. The van der Waals surface area contributed by atoms with E-state index in [2.05, 4.69) is 28.9 Å². The normalized spacial score (nSPS) is 10.1. The summed E-state index contributed by atoms with van der Waals surface area (Å²) in [6.07, 6.45) is 1.89. The number of rotatable bonds is 2. The van der Waals surface area contributed by atoms with Crippen molar-refractivity contribution in [2.75, 3.05) is 0 Å². The first-order valence-corrected chi connectivity index (χ1v) is 4.63. The molecule has 0 amide bonds. The zero-order valence-corrected chi connectivity index (χ0v) is 8.45. The third-order valence-corrected chi connectivity index (χ3v) is 2.06. The monoisotopic (exact) mass is 231 g/mol. The Hall–Kier alpha value is -0.0100. The minimum Gasteiger partial charge on any atom is -0.0843 e. The number of aryl methyl sites for hydroxylation is 1. The summed E-state index contributed by atoms with van der Waals surface area (Å²) >= 11 is 9.21. The van der Waals surface area contributed by atoms with Gasteiger partial charge in [-0.3, -0.25) is 0 Å². The molecule has 1 aromatic rings. The Balaban J connectivity index is 2.89. The van der Waals surface area contributed by atoms with Gasteiger partial charge in [0, 0.05) is 9.50 Å². The van der Waals surface area contributed by atoms with Crippen LogP contribution in [0.4, 0.5) is 0 Å². The van der Waals surface area contributed by atoms with Crippen molar-refractivity contribution in [1.29, 1.82) is 0 Å². The van der Waals surface area contributed by atoms with E-state index in [1.807, 2.05) is 12.1 Å². The molecule has 1 aromatic carbocycles. The van der Waals surface area contributed by atoms with Crippen LogP contribution in [0.2, 0.25) is 5.02 Å². The number of hydrogen-bond acceptors (Lipinski definition) is 0. The van der Waals surface area contributed by atoms with Crippen LogP contribution in [-0.4, -0.2) is 0 Å². The summed E-state index contributed by atoms with van der Waals surface area (Å²) in [6, 6.07) is 5.92. The molecule has 1 radical (unpaired) electrons. The second kappa shape index (κ2) is 4.13. The maximum atomic E-state index is 5.84. The summed E-state index contributed by atoms with van der Waals surface area (Å²) in [6.45, 7) is 3.78. The van der Waals surface area contributed by atoms with E-state index in [0.29, 0.717) is 0 Å². The van der Waals surface area contributed by atoms with E-state index in [1.54, 1.807) is 0 Å². The first-order chi connectivity index (χ1) is 5.22. The average Bonchev–Trinajstić information content (AvgIpc) is 1.85. The van der Waals surface area contributed by atoms with Crippen LogP contribution in [-0.2, 0) is 6.42 Å². The Kier molecular flexibility index (Phi) is 3.41. The fourth-order valence-corrected chi connectivity index (χ4v) is 1.89. The summed E-state index contributed by atoms with van der Waals surface area (Å²) in [5, 5.41) is 0.780. The smallest absolute Gasteiger partial charge is 0.0419 e. The average molecular weight is 233 g/mol. The third-order valence-electron chi connectivity index (χ3n) is 1.39. The summed E-state index contributed by atoms with van der Waals surface area (Å²) in [7, 11) is 0. The highest BCUT2D eigenvalue weighted by Gasteiger charge is 1.95. The fraction of sp³-hybridized carbons (Fsp3) is 0.222. The van der Waals surface area contributed by atoms with Gasteiger partial charge in [-0.1, -0.05) is 34.5 Å². The zero-order valence-electron chi connectivity index (χ0n) is 6.11. The van der Waals surface area contributed by atoms with Crippen LogP contribution in [0, 0.1) is 6.92 Å². The molecule has 59 valence electrons. The first-order valence-electron chi connectivity index (χ1n) is 3.46. The van der Waals surface area contributed by atoms with E-state index in [1.165, 1.54) is 5.56 Å². The quantitative estimate of drug-likeness (QED) is 0.726. The third kappa shape index (κ3) is 2.84. The molecule has 0 unspecified atom stereocenters. The van der Waals surface area contributed by atoms with E-state index in [0.717, 1.165) is 22.3 Å². The second-order valence-corrected chi connectivity index (χ2v) is 3.73. The van der Waals surface area contributed by atoms with Crippen molar-refractivity contribution >= 4 is 27.5 Å². The molecule has 0 bridgehead atoms. The molecular formula is C9H9BrCl. The van der Waals surface area contributed by atoms with Gasteiger partial charge < -0.3 is 0 Å². The molecule has 11 heavy (non-hydrogen) atoms. The van der Waals surface area contributed by atoms with Gasteiger partial charge in [-0.2, -0.15) is 0 Å². The Labute approximate surface area is 80.7 Å². The van der Waals surface area contributed by atoms with E-state index in [-0.39, 0.29) is 0 Å². The zero-order chi connectivity index (χ0) is 8.27. The van der Waals surface area contributed by atoms with Gasteiger partial charge in [-0.05, 0) is 36.6 Å². The van der Waals surface area contributed by atoms with Crippen molar-refractivity contribution in [3.8, 4) is 0 Å². The van der Waals surface area contributed by atoms with Gasteiger partial charge in [0.25, 0.3) is 0 Å². The Morgan fingerprint density at radius 2 is 2.09 bits per heavy atom. The number of benzene rings is 1. The van der Waals surface area contributed by atoms with Crippen molar-refractivity contribution in [3.63, 3.8) is 0 Å². The van der Waals surface area contributed by atoms with Gasteiger partial charge in [0.1, 0.15) is 0 Å². The molecule has 0 aliphatic rings. The lowest BCUT2D eigenvalue weighted by atomic mass is 10.1. The molecule has 0 saturated carbocycles. The first kappa shape index (κ1) is 9.08. The lowest BCUT2D eigenvalue weighted by Crippen LogP contribution is -1.82. The Morgan fingerprint density at radius 1 is 1.36 bits per heavy atom. The maximum Gasteiger partial charge on any atom is 0.0419 e. The van der Waals surface area contributed by atoms with Crippen LogP contribution >= 0.6 is 27.5 Å². The molecule has 0 aliphatic carbocycles. The Morgan fingerprint density at radius 3 is 2.64 bits per heavy atom. The van der Waals surface area contributed by atoms with Crippen LogP contribution in [0.3, 0.4) is 0 Å². The van der Waals surface area contributed by atoms with E-state index >= 15 is 0 Å². The van der Waals surface area contributed by atoms with Crippen LogP contribution in [0.5, 0.6) is 0 Å². The highest BCUT2D eigenvalue weighted by Crippen LogP contribution is 2.20. The second-order valence-electron chi connectivity index (χ2n) is 2.38. The van der Waals surface area contributed by atoms with Gasteiger partial charge in [0.2, 0.25) is 0 Å². The summed E-state index contributed by atoms with van der Waals surface area (Å²) in [5.74, 6) is 0. The summed E-state index contributed by atoms with van der Waals surface area (Å²) in [4.78, 5) is 0. The standard InChI is InChI=1S/C9H9BrCl/c1-2-3-7-4-8(10)6-9(11)5-7/h4-6H,1-3H2. The molecule has 0 heterocycles. The number of halogens is 2.